The summed E-state index contributed by atoms with van der Waals surface area (Å²) in [6, 6.07) is 0. The third kappa shape index (κ3) is 3.05. The van der Waals surface area contributed by atoms with Gasteiger partial charge in [-0.2, -0.15) is 0 Å². The number of carbonyl (C=O) groups is 2. The average molecular weight is 222 g/mol. The minimum absolute atomic E-state index is 0.140. The van der Waals surface area contributed by atoms with Crippen molar-refractivity contribution in [1.82, 2.24) is 0 Å². The third-order valence-electron chi connectivity index (χ3n) is 2.66. The van der Waals surface area contributed by atoms with E-state index in [0.717, 1.165) is 6.42 Å². The lowest BCUT2D eigenvalue weighted by molar-refractivity contribution is -0.142. The summed E-state index contributed by atoms with van der Waals surface area (Å²) < 4.78 is 4.44. The standard InChI is InChI=1S/C11H12O3.C2H6/c1-14-11(13)6-10(12)8-3-2-7-4-9(7)5-8;1-2/h2-3,5,7,9H,4,6H2,1H3;1-2H3. The molecule has 2 unspecified atom stereocenters. The van der Waals surface area contributed by atoms with Crippen LogP contribution in [-0.4, -0.2) is 18.9 Å². The molecule has 2 rings (SSSR count). The normalized spacial score (nSPS) is 24.6. The van der Waals surface area contributed by atoms with Gasteiger partial charge in [0.05, 0.1) is 7.11 Å². The summed E-state index contributed by atoms with van der Waals surface area (Å²) in [7, 11) is 1.29. The largest absolute Gasteiger partial charge is 0.469 e. The van der Waals surface area contributed by atoms with E-state index in [9.17, 15) is 9.59 Å². The predicted molar refractivity (Wildman–Crippen MR) is 61.8 cm³/mol. The molecule has 3 heteroatoms. The zero-order valence-corrected chi connectivity index (χ0v) is 10.0. The maximum absolute atomic E-state index is 11.5. The molecule has 0 aromatic heterocycles. The van der Waals surface area contributed by atoms with E-state index in [1.807, 2.05) is 26.0 Å². The molecule has 88 valence electrons. The third-order valence-corrected chi connectivity index (χ3v) is 2.66. The molecule has 2 aliphatic carbocycles. The van der Waals surface area contributed by atoms with Gasteiger partial charge >= 0.3 is 5.97 Å². The quantitative estimate of drug-likeness (QED) is 0.543. The number of allylic oxidation sites excluding steroid dienone is 4. The van der Waals surface area contributed by atoms with Crippen molar-refractivity contribution in [3.63, 3.8) is 0 Å². The van der Waals surface area contributed by atoms with E-state index in [1.54, 1.807) is 0 Å². The molecule has 0 aliphatic heterocycles. The number of esters is 1. The van der Waals surface area contributed by atoms with Crippen molar-refractivity contribution in [2.24, 2.45) is 11.8 Å². The van der Waals surface area contributed by atoms with Crippen molar-refractivity contribution >= 4 is 11.8 Å². The van der Waals surface area contributed by atoms with Crippen LogP contribution in [0.15, 0.2) is 23.8 Å². The number of methoxy groups -OCH3 is 1. The van der Waals surface area contributed by atoms with Gasteiger partial charge in [0.15, 0.2) is 5.78 Å². The first-order valence-corrected chi connectivity index (χ1v) is 5.70. The van der Waals surface area contributed by atoms with Gasteiger partial charge in [0, 0.05) is 5.57 Å². The van der Waals surface area contributed by atoms with Crippen molar-refractivity contribution in [2.45, 2.75) is 26.7 Å². The SMILES string of the molecule is CC.COC(=O)CC(=O)C1=CC2CC2C=C1. The number of hydrogen-bond donors (Lipinski definition) is 0. The molecule has 0 amide bonds. The highest BCUT2D eigenvalue weighted by atomic mass is 16.5. The molecule has 1 fully saturated rings. The Balaban J connectivity index is 0.000000606. The summed E-state index contributed by atoms with van der Waals surface area (Å²) in [6.07, 6.45) is 6.83. The Morgan fingerprint density at radius 3 is 2.62 bits per heavy atom. The number of ether oxygens (including phenoxy) is 1. The highest BCUT2D eigenvalue weighted by Gasteiger charge is 2.36. The molecule has 0 aromatic carbocycles. The fraction of sp³-hybridized carbons (Fsp3) is 0.538. The van der Waals surface area contributed by atoms with Crippen LogP contribution in [0.5, 0.6) is 0 Å². The number of carbonyl (C=O) groups excluding carboxylic acids is 2. The van der Waals surface area contributed by atoms with Crippen LogP contribution in [0, 0.1) is 11.8 Å². The fourth-order valence-electron chi connectivity index (χ4n) is 1.65. The van der Waals surface area contributed by atoms with Crippen molar-refractivity contribution in [1.29, 1.82) is 0 Å². The lowest BCUT2D eigenvalue weighted by Crippen LogP contribution is -2.11. The van der Waals surface area contributed by atoms with E-state index in [0.29, 0.717) is 17.4 Å². The Kier molecular flexibility index (Phi) is 4.47. The molecule has 0 heterocycles. The molecule has 16 heavy (non-hydrogen) atoms. The first-order chi connectivity index (χ1) is 7.70. The summed E-state index contributed by atoms with van der Waals surface area (Å²) in [5.41, 5.74) is 0.661. The number of hydrogen-bond acceptors (Lipinski definition) is 3. The van der Waals surface area contributed by atoms with Gasteiger partial charge in [0.2, 0.25) is 0 Å². The van der Waals surface area contributed by atoms with Crippen molar-refractivity contribution in [3.8, 4) is 0 Å². The number of fused-ring (bicyclic) bond motifs is 1. The molecular weight excluding hydrogens is 204 g/mol. The summed E-state index contributed by atoms with van der Waals surface area (Å²) >= 11 is 0. The average Bonchev–Trinajstić information content (AvgIpc) is 3.09. The van der Waals surface area contributed by atoms with E-state index < -0.39 is 5.97 Å². The highest BCUT2D eigenvalue weighted by Crippen LogP contribution is 2.44. The van der Waals surface area contributed by atoms with E-state index in [1.165, 1.54) is 7.11 Å². The summed E-state index contributed by atoms with van der Waals surface area (Å²) in [5, 5.41) is 0. The minimum Gasteiger partial charge on any atom is -0.469 e. The van der Waals surface area contributed by atoms with Gasteiger partial charge in [0.25, 0.3) is 0 Å². The highest BCUT2D eigenvalue weighted by molar-refractivity contribution is 6.07. The van der Waals surface area contributed by atoms with E-state index >= 15 is 0 Å². The van der Waals surface area contributed by atoms with Gasteiger partial charge in [-0.25, -0.2) is 0 Å². The van der Waals surface area contributed by atoms with Crippen LogP contribution < -0.4 is 0 Å². The van der Waals surface area contributed by atoms with Gasteiger partial charge in [0.1, 0.15) is 6.42 Å². The smallest absolute Gasteiger partial charge is 0.313 e. The Bertz CT molecular complexity index is 339. The molecule has 2 atom stereocenters. The van der Waals surface area contributed by atoms with Crippen LogP contribution in [0.1, 0.15) is 26.7 Å². The summed E-state index contributed by atoms with van der Waals surface area (Å²) in [6.45, 7) is 4.00. The first kappa shape index (κ1) is 12.7. The van der Waals surface area contributed by atoms with E-state index in [-0.39, 0.29) is 12.2 Å². The van der Waals surface area contributed by atoms with Crippen molar-refractivity contribution in [3.05, 3.63) is 23.8 Å². The monoisotopic (exact) mass is 222 g/mol. The first-order valence-electron chi connectivity index (χ1n) is 5.70. The van der Waals surface area contributed by atoms with Crippen LogP contribution in [-0.2, 0) is 14.3 Å². The molecule has 0 spiro atoms. The van der Waals surface area contributed by atoms with Gasteiger partial charge in [-0.05, 0) is 18.3 Å². The van der Waals surface area contributed by atoms with Gasteiger partial charge in [-0.3, -0.25) is 9.59 Å². The lowest BCUT2D eigenvalue weighted by atomic mass is 10.0. The minimum atomic E-state index is -0.470. The molecule has 2 aliphatic rings. The van der Waals surface area contributed by atoms with Crippen LogP contribution >= 0.6 is 0 Å². The second-order valence-electron chi connectivity index (χ2n) is 3.72. The number of rotatable bonds is 3. The maximum Gasteiger partial charge on any atom is 0.313 e. The lowest BCUT2D eigenvalue weighted by Gasteiger charge is -2.04. The van der Waals surface area contributed by atoms with Crippen LogP contribution in [0.2, 0.25) is 0 Å². The molecule has 0 N–H and O–H groups in total. The van der Waals surface area contributed by atoms with Gasteiger partial charge in [-0.1, -0.05) is 32.1 Å². The predicted octanol–water partition coefficient (Wildman–Crippen LogP) is 2.28. The maximum atomic E-state index is 11.5. The fourth-order valence-corrected chi connectivity index (χ4v) is 1.65. The van der Waals surface area contributed by atoms with Crippen LogP contribution in [0.25, 0.3) is 0 Å². The molecule has 0 aromatic rings. The van der Waals surface area contributed by atoms with Crippen molar-refractivity contribution in [2.75, 3.05) is 7.11 Å². The molecule has 3 nitrogen and oxygen atoms in total. The Morgan fingerprint density at radius 2 is 2.06 bits per heavy atom. The Hall–Kier alpha value is -1.38. The van der Waals surface area contributed by atoms with Crippen molar-refractivity contribution < 1.29 is 14.3 Å². The zero-order chi connectivity index (χ0) is 12.1. The topological polar surface area (TPSA) is 43.4 Å². The number of Topliss-reactive ketones (excluding diaryl/α,β-unsaturated/α-hetero) is 1. The van der Waals surface area contributed by atoms with Crippen LogP contribution in [0.3, 0.4) is 0 Å². The summed E-state index contributed by atoms with van der Waals surface area (Å²) in [5.74, 6) is 0.571. The zero-order valence-electron chi connectivity index (χ0n) is 10.0. The molecule has 0 bridgehead atoms. The Labute approximate surface area is 96.2 Å². The molecule has 0 radical (unpaired) electrons. The molecular formula is C13H18O3. The van der Waals surface area contributed by atoms with E-state index in [4.69, 9.17) is 0 Å². The second-order valence-corrected chi connectivity index (χ2v) is 3.72. The van der Waals surface area contributed by atoms with E-state index in [2.05, 4.69) is 10.8 Å². The van der Waals surface area contributed by atoms with Gasteiger partial charge < -0.3 is 4.74 Å². The summed E-state index contributed by atoms with van der Waals surface area (Å²) in [4.78, 5) is 22.4. The number of ketones is 1. The second kappa shape index (κ2) is 5.64. The van der Waals surface area contributed by atoms with Gasteiger partial charge in [-0.15, -0.1) is 0 Å². The molecule has 0 saturated heterocycles. The molecule has 1 saturated carbocycles. The Morgan fingerprint density at radius 1 is 1.38 bits per heavy atom. The van der Waals surface area contributed by atoms with Crippen LogP contribution in [0.4, 0.5) is 0 Å².